The topological polar surface area (TPSA) is 65.1 Å². The largest absolute Gasteiger partial charge is 0.358 e. The standard InChI is InChI=1S/C18H18N2O2/c1-2-16-14(10-12-6-4-3-5-7-12)15-11-13(18(21)20-22)8-9-17(15)19-16/h3-9,11,19,22H,2,10H2,1H3,(H,20,21). The van der Waals surface area contributed by atoms with Crippen LogP contribution in [0.1, 0.15) is 34.1 Å². The van der Waals surface area contributed by atoms with Gasteiger partial charge in [0.15, 0.2) is 0 Å². The Balaban J connectivity index is 2.11. The molecule has 0 saturated carbocycles. The van der Waals surface area contributed by atoms with E-state index < -0.39 is 5.91 Å². The lowest BCUT2D eigenvalue weighted by Crippen LogP contribution is -2.18. The molecule has 3 aromatic rings. The van der Waals surface area contributed by atoms with Crippen molar-refractivity contribution in [1.82, 2.24) is 10.5 Å². The summed E-state index contributed by atoms with van der Waals surface area (Å²) in [5.74, 6) is -0.494. The summed E-state index contributed by atoms with van der Waals surface area (Å²) in [7, 11) is 0. The lowest BCUT2D eigenvalue weighted by Gasteiger charge is -2.04. The molecule has 0 fully saturated rings. The molecule has 0 spiro atoms. The molecular weight excluding hydrogens is 276 g/mol. The highest BCUT2D eigenvalue weighted by Gasteiger charge is 2.13. The molecule has 0 saturated heterocycles. The summed E-state index contributed by atoms with van der Waals surface area (Å²) in [5.41, 5.74) is 6.77. The van der Waals surface area contributed by atoms with Crippen molar-refractivity contribution in [1.29, 1.82) is 0 Å². The lowest BCUT2D eigenvalue weighted by atomic mass is 9.99. The van der Waals surface area contributed by atoms with Crippen LogP contribution in [0, 0.1) is 0 Å². The lowest BCUT2D eigenvalue weighted by molar-refractivity contribution is 0.0706. The van der Waals surface area contributed by atoms with Gasteiger partial charge in [-0.3, -0.25) is 10.0 Å². The maximum atomic E-state index is 11.6. The summed E-state index contributed by atoms with van der Waals surface area (Å²) >= 11 is 0. The molecule has 3 N–H and O–H groups in total. The Morgan fingerprint density at radius 1 is 1.18 bits per heavy atom. The van der Waals surface area contributed by atoms with Gasteiger partial charge in [-0.25, -0.2) is 5.48 Å². The minimum atomic E-state index is -0.494. The Kier molecular flexibility index (Phi) is 3.94. The Morgan fingerprint density at radius 3 is 2.64 bits per heavy atom. The molecule has 1 aromatic heterocycles. The fourth-order valence-corrected chi connectivity index (χ4v) is 2.81. The number of fused-ring (bicyclic) bond motifs is 1. The Hall–Kier alpha value is -2.59. The molecule has 0 radical (unpaired) electrons. The van der Waals surface area contributed by atoms with Crippen LogP contribution in [0.25, 0.3) is 10.9 Å². The van der Waals surface area contributed by atoms with E-state index >= 15 is 0 Å². The third kappa shape index (κ3) is 2.61. The van der Waals surface area contributed by atoms with Crippen LogP contribution in [0.3, 0.4) is 0 Å². The van der Waals surface area contributed by atoms with E-state index in [1.54, 1.807) is 11.5 Å². The highest BCUT2D eigenvalue weighted by molar-refractivity contribution is 5.98. The third-order valence-electron chi connectivity index (χ3n) is 3.94. The zero-order valence-electron chi connectivity index (χ0n) is 12.4. The molecular formula is C18H18N2O2. The van der Waals surface area contributed by atoms with Gasteiger partial charge in [-0.2, -0.15) is 0 Å². The summed E-state index contributed by atoms with van der Waals surface area (Å²) in [5, 5.41) is 9.84. The quantitative estimate of drug-likeness (QED) is 0.510. The smallest absolute Gasteiger partial charge is 0.274 e. The monoisotopic (exact) mass is 294 g/mol. The average Bonchev–Trinajstić information content (AvgIpc) is 2.92. The van der Waals surface area contributed by atoms with Crippen molar-refractivity contribution in [2.75, 3.05) is 0 Å². The average molecular weight is 294 g/mol. The first kappa shape index (κ1) is 14.4. The number of carbonyl (C=O) groups excluding carboxylic acids is 1. The van der Waals surface area contributed by atoms with E-state index in [4.69, 9.17) is 5.21 Å². The first-order valence-corrected chi connectivity index (χ1v) is 7.34. The maximum Gasteiger partial charge on any atom is 0.274 e. The minimum Gasteiger partial charge on any atom is -0.358 e. The van der Waals surface area contributed by atoms with Gasteiger partial charge in [0, 0.05) is 22.2 Å². The predicted molar refractivity (Wildman–Crippen MR) is 86.2 cm³/mol. The van der Waals surface area contributed by atoms with Gasteiger partial charge >= 0.3 is 0 Å². The number of hydrogen-bond acceptors (Lipinski definition) is 2. The van der Waals surface area contributed by atoms with Gasteiger partial charge in [0.2, 0.25) is 0 Å². The molecule has 22 heavy (non-hydrogen) atoms. The van der Waals surface area contributed by atoms with Crippen LogP contribution < -0.4 is 5.48 Å². The van der Waals surface area contributed by atoms with Crippen molar-refractivity contribution < 1.29 is 10.0 Å². The molecule has 4 nitrogen and oxygen atoms in total. The number of aromatic nitrogens is 1. The molecule has 4 heteroatoms. The number of benzene rings is 2. The van der Waals surface area contributed by atoms with E-state index in [0.717, 1.165) is 23.7 Å². The summed E-state index contributed by atoms with van der Waals surface area (Å²) in [6.07, 6.45) is 1.71. The number of amides is 1. The molecule has 3 rings (SSSR count). The fraction of sp³-hybridized carbons (Fsp3) is 0.167. The molecule has 2 aromatic carbocycles. The zero-order valence-corrected chi connectivity index (χ0v) is 12.4. The number of hydrogen-bond donors (Lipinski definition) is 3. The van der Waals surface area contributed by atoms with Crippen LogP contribution in [0.4, 0.5) is 0 Å². The number of aromatic amines is 1. The minimum absolute atomic E-state index is 0.450. The number of hydroxylamine groups is 1. The highest BCUT2D eigenvalue weighted by Crippen LogP contribution is 2.26. The maximum absolute atomic E-state index is 11.6. The van der Waals surface area contributed by atoms with Gasteiger partial charge in [-0.05, 0) is 42.2 Å². The molecule has 0 atom stereocenters. The third-order valence-corrected chi connectivity index (χ3v) is 3.94. The fourth-order valence-electron chi connectivity index (χ4n) is 2.81. The van der Waals surface area contributed by atoms with Crippen molar-refractivity contribution in [2.24, 2.45) is 0 Å². The highest BCUT2D eigenvalue weighted by atomic mass is 16.5. The number of carbonyl (C=O) groups is 1. The van der Waals surface area contributed by atoms with E-state index in [9.17, 15) is 4.79 Å². The summed E-state index contributed by atoms with van der Waals surface area (Å²) < 4.78 is 0. The molecule has 0 aliphatic rings. The number of aryl methyl sites for hydroxylation is 1. The van der Waals surface area contributed by atoms with E-state index in [0.29, 0.717) is 5.56 Å². The second kappa shape index (κ2) is 6.03. The molecule has 1 amide bonds. The first-order valence-electron chi connectivity index (χ1n) is 7.34. The van der Waals surface area contributed by atoms with E-state index in [2.05, 4.69) is 24.0 Å². The van der Waals surface area contributed by atoms with Gasteiger partial charge in [0.1, 0.15) is 0 Å². The van der Waals surface area contributed by atoms with Gasteiger partial charge in [0.25, 0.3) is 5.91 Å². The molecule has 112 valence electrons. The number of nitrogens with one attached hydrogen (secondary N) is 2. The summed E-state index contributed by atoms with van der Waals surface area (Å²) in [6.45, 7) is 2.11. The second-order valence-corrected chi connectivity index (χ2v) is 5.30. The van der Waals surface area contributed by atoms with E-state index in [1.165, 1.54) is 16.8 Å². The SMILES string of the molecule is CCc1[nH]c2ccc(C(=O)NO)cc2c1Cc1ccccc1. The summed E-state index contributed by atoms with van der Waals surface area (Å²) in [4.78, 5) is 15.1. The Labute approximate surface area is 128 Å². The zero-order chi connectivity index (χ0) is 15.5. The van der Waals surface area contributed by atoms with Gasteiger partial charge in [-0.15, -0.1) is 0 Å². The van der Waals surface area contributed by atoms with E-state index in [-0.39, 0.29) is 0 Å². The van der Waals surface area contributed by atoms with Crippen LogP contribution >= 0.6 is 0 Å². The molecule has 0 unspecified atom stereocenters. The number of H-pyrrole nitrogens is 1. The van der Waals surface area contributed by atoms with Crippen molar-refractivity contribution in [3.8, 4) is 0 Å². The van der Waals surface area contributed by atoms with Gasteiger partial charge < -0.3 is 4.98 Å². The van der Waals surface area contributed by atoms with Crippen molar-refractivity contribution in [3.63, 3.8) is 0 Å². The molecule has 0 bridgehead atoms. The number of rotatable bonds is 4. The van der Waals surface area contributed by atoms with Gasteiger partial charge in [-0.1, -0.05) is 37.3 Å². The Morgan fingerprint density at radius 2 is 1.95 bits per heavy atom. The predicted octanol–water partition coefficient (Wildman–Crippen LogP) is 3.44. The van der Waals surface area contributed by atoms with Crippen LogP contribution in [-0.2, 0) is 12.8 Å². The first-order chi connectivity index (χ1) is 10.7. The van der Waals surface area contributed by atoms with Crippen molar-refractivity contribution >= 4 is 16.8 Å². The summed E-state index contributed by atoms with van der Waals surface area (Å²) in [6, 6.07) is 15.7. The van der Waals surface area contributed by atoms with Crippen molar-refractivity contribution in [3.05, 3.63) is 70.9 Å². The van der Waals surface area contributed by atoms with Crippen LogP contribution in [-0.4, -0.2) is 16.1 Å². The Bertz CT molecular complexity index is 807. The van der Waals surface area contributed by atoms with Crippen LogP contribution in [0.15, 0.2) is 48.5 Å². The van der Waals surface area contributed by atoms with E-state index in [1.807, 2.05) is 30.3 Å². The molecule has 0 aliphatic heterocycles. The second-order valence-electron chi connectivity index (χ2n) is 5.30. The molecule has 0 aliphatic carbocycles. The molecule has 1 heterocycles. The van der Waals surface area contributed by atoms with Crippen LogP contribution in [0.2, 0.25) is 0 Å². The van der Waals surface area contributed by atoms with Crippen molar-refractivity contribution in [2.45, 2.75) is 19.8 Å². The normalized spacial score (nSPS) is 10.8. The van der Waals surface area contributed by atoms with Gasteiger partial charge in [0.05, 0.1) is 0 Å². The van der Waals surface area contributed by atoms with Crippen LogP contribution in [0.5, 0.6) is 0 Å².